The summed E-state index contributed by atoms with van der Waals surface area (Å²) in [6, 6.07) is 6.89. The average Bonchev–Trinajstić information content (AvgIpc) is 2.50. The second-order valence-corrected chi connectivity index (χ2v) is 4.32. The second-order valence-electron chi connectivity index (χ2n) is 4.32. The van der Waals surface area contributed by atoms with Crippen LogP contribution in [0.2, 0.25) is 0 Å². The quantitative estimate of drug-likeness (QED) is 0.233. The lowest BCUT2D eigenvalue weighted by Crippen LogP contribution is -3.00. The van der Waals surface area contributed by atoms with Gasteiger partial charge in [-0.25, -0.2) is 0 Å². The molecule has 0 atom stereocenters. The number of hydrogen-bond acceptors (Lipinski definition) is 4. The summed E-state index contributed by atoms with van der Waals surface area (Å²) in [4.78, 5) is 10.9. The van der Waals surface area contributed by atoms with Crippen molar-refractivity contribution in [3.8, 4) is 0 Å². The van der Waals surface area contributed by atoms with E-state index in [0.717, 1.165) is 5.56 Å². The summed E-state index contributed by atoms with van der Waals surface area (Å²) in [7, 11) is 0. The molecule has 23 heavy (non-hydrogen) atoms. The SMILES string of the molecule is NC(=O)c1cc[n+](COC[n+]2ccc(C=NO)cc2)cc1.[Cl-].[Cl-]. The summed E-state index contributed by atoms with van der Waals surface area (Å²) in [6.07, 6.45) is 8.44. The van der Waals surface area contributed by atoms with E-state index in [0.29, 0.717) is 19.0 Å². The van der Waals surface area contributed by atoms with Crippen LogP contribution in [-0.2, 0) is 18.2 Å². The predicted molar refractivity (Wildman–Crippen MR) is 72.3 cm³/mol. The van der Waals surface area contributed by atoms with Gasteiger partial charge in [0.1, 0.15) is 0 Å². The summed E-state index contributed by atoms with van der Waals surface area (Å²) in [5.41, 5.74) is 6.42. The van der Waals surface area contributed by atoms with Crippen molar-refractivity contribution in [1.29, 1.82) is 0 Å². The van der Waals surface area contributed by atoms with Gasteiger partial charge in [-0.1, -0.05) is 5.16 Å². The maximum absolute atomic E-state index is 10.9. The van der Waals surface area contributed by atoms with Crippen LogP contribution in [0.5, 0.6) is 0 Å². The molecule has 0 radical (unpaired) electrons. The molecule has 3 N–H and O–H groups in total. The van der Waals surface area contributed by atoms with E-state index in [4.69, 9.17) is 15.7 Å². The zero-order valence-corrected chi connectivity index (χ0v) is 13.6. The van der Waals surface area contributed by atoms with E-state index in [1.807, 2.05) is 17.0 Å². The Morgan fingerprint density at radius 2 is 1.57 bits per heavy atom. The van der Waals surface area contributed by atoms with E-state index in [2.05, 4.69) is 5.16 Å². The smallest absolute Gasteiger partial charge is 0.257 e. The lowest BCUT2D eigenvalue weighted by atomic mass is 10.2. The van der Waals surface area contributed by atoms with Crippen LogP contribution in [0.3, 0.4) is 0 Å². The van der Waals surface area contributed by atoms with Crippen LogP contribution in [0.15, 0.2) is 54.2 Å². The van der Waals surface area contributed by atoms with Gasteiger partial charge in [-0.3, -0.25) is 9.53 Å². The number of primary amides is 1. The maximum Gasteiger partial charge on any atom is 0.257 e. The number of oxime groups is 1. The Balaban J connectivity index is 0.00000242. The highest BCUT2D eigenvalue weighted by atomic mass is 35.5. The molecule has 2 aromatic rings. The Labute approximate surface area is 145 Å². The second kappa shape index (κ2) is 10.5. The molecule has 9 heteroatoms. The van der Waals surface area contributed by atoms with Gasteiger partial charge < -0.3 is 35.8 Å². The third-order valence-electron chi connectivity index (χ3n) is 2.78. The summed E-state index contributed by atoms with van der Waals surface area (Å²) in [5.74, 6) is -0.454. The molecule has 2 aromatic heterocycles. The Morgan fingerprint density at radius 1 is 1.09 bits per heavy atom. The van der Waals surface area contributed by atoms with Crippen molar-refractivity contribution < 1.29 is 48.7 Å². The Bertz CT molecular complexity index is 633. The van der Waals surface area contributed by atoms with Crippen molar-refractivity contribution in [3.05, 3.63) is 60.2 Å². The van der Waals surface area contributed by atoms with Gasteiger partial charge in [-0.2, -0.15) is 9.13 Å². The van der Waals surface area contributed by atoms with Crippen LogP contribution in [0.1, 0.15) is 15.9 Å². The normalized spacial score (nSPS) is 9.91. The minimum atomic E-state index is -0.454. The van der Waals surface area contributed by atoms with Crippen molar-refractivity contribution >= 4 is 12.1 Å². The summed E-state index contributed by atoms with van der Waals surface area (Å²) in [5, 5.41) is 11.4. The number of amides is 1. The van der Waals surface area contributed by atoms with Gasteiger partial charge in [0.25, 0.3) is 13.5 Å². The van der Waals surface area contributed by atoms with Crippen LogP contribution < -0.4 is 39.7 Å². The Kier molecular flexibility index (Phi) is 9.48. The van der Waals surface area contributed by atoms with E-state index in [-0.39, 0.29) is 24.8 Å². The van der Waals surface area contributed by atoms with E-state index in [1.165, 1.54) is 6.21 Å². The van der Waals surface area contributed by atoms with Crippen molar-refractivity contribution in [2.24, 2.45) is 10.9 Å². The van der Waals surface area contributed by atoms with Crippen molar-refractivity contribution in [1.82, 2.24) is 0 Å². The van der Waals surface area contributed by atoms with E-state index >= 15 is 0 Å². The standard InChI is InChI=1S/C14H14N4O3.2ClH/c15-14(19)13-3-7-18(8-4-13)11-21-10-17-5-1-12(2-6-17)9-16-20;;/h1-9H,10-11H2,(H-,15,19);2*1H. The lowest BCUT2D eigenvalue weighted by Gasteiger charge is -1.99. The zero-order valence-electron chi connectivity index (χ0n) is 12.0. The van der Waals surface area contributed by atoms with Gasteiger partial charge in [0.05, 0.1) is 11.8 Å². The third-order valence-corrected chi connectivity index (χ3v) is 2.78. The fraction of sp³-hybridized carbons (Fsp3) is 0.143. The van der Waals surface area contributed by atoms with Gasteiger partial charge in [0.15, 0.2) is 24.8 Å². The predicted octanol–water partition coefficient (Wildman–Crippen LogP) is -6.19. The molecule has 0 fully saturated rings. The molecule has 2 rings (SSSR count). The Hall–Kier alpha value is -2.22. The molecule has 124 valence electrons. The molecule has 1 amide bonds. The zero-order chi connectivity index (χ0) is 15.1. The molecule has 0 aliphatic carbocycles. The van der Waals surface area contributed by atoms with Crippen molar-refractivity contribution in [2.45, 2.75) is 13.5 Å². The number of rotatable bonds is 6. The third kappa shape index (κ3) is 6.60. The number of carbonyl (C=O) groups is 1. The fourth-order valence-corrected chi connectivity index (χ4v) is 1.67. The number of halogens is 2. The van der Waals surface area contributed by atoms with Gasteiger partial charge >= 0.3 is 0 Å². The van der Waals surface area contributed by atoms with E-state index in [9.17, 15) is 4.79 Å². The van der Waals surface area contributed by atoms with Gasteiger partial charge in [0.2, 0.25) is 5.91 Å². The van der Waals surface area contributed by atoms with E-state index in [1.54, 1.807) is 41.2 Å². The first kappa shape index (κ1) is 20.8. The molecule has 0 bridgehead atoms. The molecule has 7 nitrogen and oxygen atoms in total. The number of carbonyl (C=O) groups excluding carboxylic acids is 1. The first-order valence-corrected chi connectivity index (χ1v) is 6.22. The summed E-state index contributed by atoms with van der Waals surface area (Å²) in [6.45, 7) is 0.729. The van der Waals surface area contributed by atoms with Gasteiger partial charge in [-0.05, 0) is 0 Å². The average molecular weight is 359 g/mol. The summed E-state index contributed by atoms with van der Waals surface area (Å²) >= 11 is 0. The van der Waals surface area contributed by atoms with Crippen LogP contribution in [-0.4, -0.2) is 17.3 Å². The molecule has 0 saturated carbocycles. The van der Waals surface area contributed by atoms with Crippen LogP contribution in [0, 0.1) is 0 Å². The van der Waals surface area contributed by atoms with Crippen LogP contribution >= 0.6 is 0 Å². The number of aromatic nitrogens is 2. The van der Waals surface area contributed by atoms with Crippen molar-refractivity contribution in [3.63, 3.8) is 0 Å². The first-order chi connectivity index (χ1) is 10.2. The highest BCUT2D eigenvalue weighted by Crippen LogP contribution is 1.93. The molecule has 0 aliphatic rings. The minimum Gasteiger partial charge on any atom is -1.00 e. The highest BCUT2D eigenvalue weighted by molar-refractivity contribution is 5.92. The number of nitrogens with two attached hydrogens (primary N) is 1. The highest BCUT2D eigenvalue weighted by Gasteiger charge is 2.06. The molecule has 0 aliphatic heterocycles. The van der Waals surface area contributed by atoms with Gasteiger partial charge in [0, 0.05) is 29.8 Å². The van der Waals surface area contributed by atoms with Crippen LogP contribution in [0.4, 0.5) is 0 Å². The fourth-order valence-electron chi connectivity index (χ4n) is 1.67. The first-order valence-electron chi connectivity index (χ1n) is 6.22. The molecular weight excluding hydrogens is 343 g/mol. The number of hydrogen-bond donors (Lipinski definition) is 2. The maximum atomic E-state index is 10.9. The molecule has 2 heterocycles. The molecule has 0 unspecified atom stereocenters. The summed E-state index contributed by atoms with van der Waals surface area (Å²) < 4.78 is 9.16. The van der Waals surface area contributed by atoms with Crippen molar-refractivity contribution in [2.75, 3.05) is 0 Å². The van der Waals surface area contributed by atoms with Crippen LogP contribution in [0.25, 0.3) is 0 Å². The Morgan fingerprint density at radius 3 is 2.00 bits per heavy atom. The monoisotopic (exact) mass is 358 g/mol. The molecule has 0 aromatic carbocycles. The van der Waals surface area contributed by atoms with Gasteiger partial charge in [-0.15, -0.1) is 0 Å². The largest absolute Gasteiger partial charge is 1.00 e. The number of pyridine rings is 2. The molecule has 0 saturated heterocycles. The number of ether oxygens (including phenoxy) is 1. The topological polar surface area (TPSA) is 92.7 Å². The number of nitrogens with zero attached hydrogens (tertiary/aromatic N) is 3. The minimum absolute atomic E-state index is 0. The molecular formula is C14H16Cl2N4O3. The molecule has 0 spiro atoms. The van der Waals surface area contributed by atoms with E-state index < -0.39 is 5.91 Å². The lowest BCUT2D eigenvalue weighted by molar-refractivity contribution is -0.788.